The third kappa shape index (κ3) is 3.72. The monoisotopic (exact) mass is 680 g/mol. The molecule has 0 amide bonds. The largest absolute Gasteiger partial charge is 0.309 e. The summed E-state index contributed by atoms with van der Waals surface area (Å²) in [7, 11) is 0. The first-order valence-electron chi connectivity index (χ1n) is 17.6. The molecule has 0 spiro atoms. The van der Waals surface area contributed by atoms with Crippen molar-refractivity contribution in [1.82, 2.24) is 18.7 Å². The fourth-order valence-corrected chi connectivity index (χ4v) is 9.90. The van der Waals surface area contributed by atoms with Crippen molar-refractivity contribution in [2.24, 2.45) is 0 Å². The lowest BCUT2D eigenvalue weighted by Crippen LogP contribution is -1.97. The molecule has 0 atom stereocenters. The van der Waals surface area contributed by atoms with Gasteiger partial charge < -0.3 is 9.13 Å². The van der Waals surface area contributed by atoms with Crippen LogP contribution < -0.4 is 0 Å². The van der Waals surface area contributed by atoms with Crippen LogP contribution in [0, 0.1) is 0 Å². The number of nitrogens with zero attached hydrogens (tertiary/aromatic N) is 4. The number of para-hydroxylation sites is 5. The van der Waals surface area contributed by atoms with Gasteiger partial charge >= 0.3 is 0 Å². The van der Waals surface area contributed by atoms with Gasteiger partial charge in [0.1, 0.15) is 5.82 Å². The molecular weight excluding hydrogens is 653 g/mol. The number of benzene rings is 7. The van der Waals surface area contributed by atoms with Gasteiger partial charge in [-0.2, -0.15) is 0 Å². The number of hydrogen-bond acceptors (Lipinski definition) is 2. The predicted octanol–water partition coefficient (Wildman–Crippen LogP) is 12.7. The second-order valence-electron chi connectivity index (χ2n) is 13.6. The van der Waals surface area contributed by atoms with Crippen molar-refractivity contribution >= 4 is 96.9 Å². The first-order chi connectivity index (χ1) is 25.8. The Labute approximate surface area is 301 Å². The van der Waals surface area contributed by atoms with Gasteiger partial charge in [-0.05, 0) is 60.7 Å². The average Bonchev–Trinajstić information content (AvgIpc) is 3.94. The zero-order valence-corrected chi connectivity index (χ0v) is 28.7. The normalized spacial score (nSPS) is 12.2. The van der Waals surface area contributed by atoms with Crippen LogP contribution in [0.25, 0.3) is 103 Å². The number of thiophene rings is 1. The van der Waals surface area contributed by atoms with E-state index in [2.05, 4.69) is 184 Å². The van der Waals surface area contributed by atoms with Crippen LogP contribution in [0.4, 0.5) is 0 Å². The third-order valence-electron chi connectivity index (χ3n) is 10.9. The summed E-state index contributed by atoms with van der Waals surface area (Å²) in [5.41, 5.74) is 9.51. The van der Waals surface area contributed by atoms with E-state index in [-0.39, 0.29) is 0 Å². The molecule has 12 rings (SSSR count). The molecule has 0 aliphatic carbocycles. The molecule has 52 heavy (non-hydrogen) atoms. The Hall–Kier alpha value is -6.69. The van der Waals surface area contributed by atoms with Crippen LogP contribution in [0.15, 0.2) is 170 Å². The molecule has 5 heterocycles. The molecule has 242 valence electrons. The van der Waals surface area contributed by atoms with E-state index in [1.807, 2.05) is 11.3 Å². The van der Waals surface area contributed by atoms with Crippen molar-refractivity contribution in [3.05, 3.63) is 170 Å². The van der Waals surface area contributed by atoms with Crippen LogP contribution in [0.1, 0.15) is 0 Å². The number of fused-ring (bicyclic) bond motifs is 12. The van der Waals surface area contributed by atoms with Crippen molar-refractivity contribution < 1.29 is 0 Å². The standard InChI is InChI=1S/C47H28N4S/c1-6-18-38-30(12-1)31-13-2-7-19-39(31)49(38)29-24-25-43-36(26-29)34-16-5-10-22-42(34)51(43)46-27-45-37(28-48-46)35-17-11-23-44(47(35)52-45)50-40-20-8-3-14-32(40)33-15-4-9-21-41(33)50/h1-28H. The Bertz CT molecular complexity index is 3320. The molecule has 0 aliphatic rings. The van der Waals surface area contributed by atoms with E-state index in [9.17, 15) is 0 Å². The number of aromatic nitrogens is 4. The van der Waals surface area contributed by atoms with Crippen LogP contribution in [0.3, 0.4) is 0 Å². The SMILES string of the molecule is c1cc(-n2c3ccccc3c3ccccc32)c2sc3cc(-n4c5ccccc5c5cc(-n6c7ccccc7c7ccccc76)ccc54)ncc3c2c1. The van der Waals surface area contributed by atoms with Gasteiger partial charge in [0, 0.05) is 59.7 Å². The quantitative estimate of drug-likeness (QED) is 0.182. The molecule has 0 saturated carbocycles. The average molecular weight is 681 g/mol. The summed E-state index contributed by atoms with van der Waals surface area (Å²) < 4.78 is 9.64. The molecule has 7 aromatic carbocycles. The highest BCUT2D eigenvalue weighted by Crippen LogP contribution is 2.42. The van der Waals surface area contributed by atoms with Crippen LogP contribution in [0.2, 0.25) is 0 Å². The van der Waals surface area contributed by atoms with Crippen molar-refractivity contribution in [2.75, 3.05) is 0 Å². The van der Waals surface area contributed by atoms with Gasteiger partial charge in [-0.25, -0.2) is 4.98 Å². The number of pyridine rings is 1. The van der Waals surface area contributed by atoms with Gasteiger partial charge in [0.25, 0.3) is 0 Å². The zero-order valence-electron chi connectivity index (χ0n) is 27.9. The Morgan fingerprint density at radius 2 is 0.846 bits per heavy atom. The van der Waals surface area contributed by atoms with Crippen LogP contribution in [-0.2, 0) is 0 Å². The van der Waals surface area contributed by atoms with Gasteiger partial charge in [-0.1, -0.05) is 103 Å². The van der Waals surface area contributed by atoms with Crippen molar-refractivity contribution in [2.45, 2.75) is 0 Å². The summed E-state index contributed by atoms with van der Waals surface area (Å²) in [5.74, 6) is 0.924. The van der Waals surface area contributed by atoms with Gasteiger partial charge in [-0.15, -0.1) is 11.3 Å². The molecule has 0 fully saturated rings. The first kappa shape index (κ1) is 28.1. The van der Waals surface area contributed by atoms with E-state index in [0.717, 1.165) is 22.5 Å². The second kappa shape index (κ2) is 10.4. The molecule has 0 bridgehead atoms. The van der Waals surface area contributed by atoms with Gasteiger partial charge in [0.2, 0.25) is 0 Å². The smallest absolute Gasteiger partial charge is 0.138 e. The summed E-state index contributed by atoms with van der Waals surface area (Å²) in [4.78, 5) is 5.18. The molecular formula is C47H28N4S. The minimum atomic E-state index is 0.924. The summed E-state index contributed by atoms with van der Waals surface area (Å²) >= 11 is 1.85. The summed E-state index contributed by atoms with van der Waals surface area (Å²) in [6, 6.07) is 59.4. The molecule has 4 nitrogen and oxygen atoms in total. The molecule has 0 aliphatic heterocycles. The summed E-state index contributed by atoms with van der Waals surface area (Å²) in [6.07, 6.45) is 2.08. The minimum absolute atomic E-state index is 0.924. The molecule has 0 unspecified atom stereocenters. The van der Waals surface area contributed by atoms with Crippen LogP contribution in [0.5, 0.6) is 0 Å². The highest BCUT2D eigenvalue weighted by atomic mass is 32.1. The maximum absolute atomic E-state index is 5.18. The molecule has 0 radical (unpaired) electrons. The fourth-order valence-electron chi connectivity index (χ4n) is 8.70. The van der Waals surface area contributed by atoms with E-state index < -0.39 is 0 Å². The zero-order chi connectivity index (χ0) is 33.9. The summed E-state index contributed by atoms with van der Waals surface area (Å²) in [6.45, 7) is 0. The minimum Gasteiger partial charge on any atom is -0.309 e. The second-order valence-corrected chi connectivity index (χ2v) is 14.6. The topological polar surface area (TPSA) is 27.7 Å². The highest BCUT2D eigenvalue weighted by Gasteiger charge is 2.19. The van der Waals surface area contributed by atoms with Crippen LogP contribution >= 0.6 is 11.3 Å². The molecule has 12 aromatic rings. The van der Waals surface area contributed by atoms with E-state index in [4.69, 9.17) is 4.98 Å². The molecule has 0 saturated heterocycles. The number of hydrogen-bond donors (Lipinski definition) is 0. The van der Waals surface area contributed by atoms with E-state index >= 15 is 0 Å². The van der Waals surface area contributed by atoms with E-state index in [0.29, 0.717) is 0 Å². The third-order valence-corrected chi connectivity index (χ3v) is 12.1. The maximum atomic E-state index is 5.18. The van der Waals surface area contributed by atoms with E-state index in [1.165, 1.54) is 80.2 Å². The highest BCUT2D eigenvalue weighted by molar-refractivity contribution is 7.26. The lowest BCUT2D eigenvalue weighted by Gasteiger charge is -2.10. The Kier molecular flexibility index (Phi) is 5.62. The lowest BCUT2D eigenvalue weighted by molar-refractivity contribution is 1.09. The van der Waals surface area contributed by atoms with E-state index in [1.54, 1.807) is 0 Å². The summed E-state index contributed by atoms with van der Waals surface area (Å²) in [5, 5.41) is 9.91. The lowest BCUT2D eigenvalue weighted by atomic mass is 10.1. The molecule has 5 heteroatoms. The first-order valence-corrected chi connectivity index (χ1v) is 18.5. The van der Waals surface area contributed by atoms with Crippen molar-refractivity contribution in [3.63, 3.8) is 0 Å². The number of rotatable bonds is 3. The van der Waals surface area contributed by atoms with Crippen LogP contribution in [-0.4, -0.2) is 18.7 Å². The van der Waals surface area contributed by atoms with Crippen molar-refractivity contribution in [1.29, 1.82) is 0 Å². The molecule has 5 aromatic heterocycles. The Morgan fingerprint density at radius 3 is 1.44 bits per heavy atom. The fraction of sp³-hybridized carbons (Fsp3) is 0. The van der Waals surface area contributed by atoms with Gasteiger partial charge in [0.05, 0.1) is 43.5 Å². The Morgan fingerprint density at radius 1 is 0.365 bits per heavy atom. The predicted molar refractivity (Wildman–Crippen MR) is 220 cm³/mol. The maximum Gasteiger partial charge on any atom is 0.138 e. The van der Waals surface area contributed by atoms with Gasteiger partial charge in [-0.3, -0.25) is 4.57 Å². The Balaban J connectivity index is 1.07. The van der Waals surface area contributed by atoms with Gasteiger partial charge in [0.15, 0.2) is 0 Å². The molecule has 0 N–H and O–H groups in total. The van der Waals surface area contributed by atoms with Crippen molar-refractivity contribution in [3.8, 4) is 17.2 Å².